The molecule has 5 nitrogen and oxygen atoms in total. The minimum absolute atomic E-state index is 0.102. The molecule has 1 fully saturated rings. The van der Waals surface area contributed by atoms with Crippen LogP contribution < -0.4 is 5.32 Å². The van der Waals surface area contributed by atoms with Crippen LogP contribution in [0.4, 0.5) is 5.82 Å². The molecule has 2 heterocycles. The molecule has 0 atom stereocenters. The molecule has 0 saturated heterocycles. The van der Waals surface area contributed by atoms with Gasteiger partial charge in [-0.25, -0.2) is 4.98 Å². The number of nitrogens with one attached hydrogen (secondary N) is 1. The minimum atomic E-state index is -0.148. The molecule has 2 N–H and O–H groups in total. The maximum absolute atomic E-state index is 12.4. The number of amides is 1. The Balaban J connectivity index is 1.78. The van der Waals surface area contributed by atoms with Crippen molar-refractivity contribution >= 4 is 11.7 Å². The monoisotopic (exact) mass is 323 g/mol. The summed E-state index contributed by atoms with van der Waals surface area (Å²) >= 11 is 0. The smallest absolute Gasteiger partial charge is 0.253 e. The van der Waals surface area contributed by atoms with Crippen LogP contribution in [0.15, 0.2) is 30.5 Å². The first-order valence-electron chi connectivity index (χ1n) is 8.24. The third-order valence-electron chi connectivity index (χ3n) is 5.16. The van der Waals surface area contributed by atoms with Crippen LogP contribution in [0.25, 0.3) is 11.1 Å². The fraction of sp³-hybridized carbons (Fsp3) is 0.368. The second kappa shape index (κ2) is 5.31. The number of carbonyl (C=O) groups is 1. The standard InChI is InChI=1S/C19H21N3O2/c1-22(2)18(24)15-7-12(3-4-13(15)10-23)14-8-16-17(20-9-14)21-11-19(16)5-6-19/h3-4,7-9,23H,5-6,10-11H2,1-2H3,(H,20,21). The SMILES string of the molecule is CN(C)C(=O)c1cc(-c2cnc3c(c2)C2(CC2)CN3)ccc1CO. The Morgan fingerprint density at radius 2 is 2.08 bits per heavy atom. The first-order valence-corrected chi connectivity index (χ1v) is 8.24. The molecule has 124 valence electrons. The molecule has 1 aromatic carbocycles. The van der Waals surface area contributed by atoms with Crippen molar-refractivity contribution in [1.82, 2.24) is 9.88 Å². The summed E-state index contributed by atoms with van der Waals surface area (Å²) in [6, 6.07) is 7.83. The van der Waals surface area contributed by atoms with E-state index in [0.717, 1.165) is 23.5 Å². The van der Waals surface area contributed by atoms with Crippen LogP contribution in [0.1, 0.15) is 34.3 Å². The number of aliphatic hydroxyl groups is 1. The van der Waals surface area contributed by atoms with E-state index in [-0.39, 0.29) is 17.9 Å². The molecule has 5 heteroatoms. The maximum atomic E-state index is 12.4. The summed E-state index contributed by atoms with van der Waals surface area (Å²) in [5.41, 5.74) is 4.74. The summed E-state index contributed by atoms with van der Waals surface area (Å²) in [6.07, 6.45) is 4.28. The van der Waals surface area contributed by atoms with Gasteiger partial charge in [0, 0.05) is 48.9 Å². The number of nitrogens with zero attached hydrogens (tertiary/aromatic N) is 2. The van der Waals surface area contributed by atoms with E-state index in [1.54, 1.807) is 14.1 Å². The zero-order valence-corrected chi connectivity index (χ0v) is 14.0. The Hall–Kier alpha value is -2.40. The van der Waals surface area contributed by atoms with Gasteiger partial charge in [0.2, 0.25) is 0 Å². The number of aromatic nitrogens is 1. The molecule has 0 unspecified atom stereocenters. The molecule has 2 aliphatic rings. The molecule has 0 radical (unpaired) electrons. The number of pyridine rings is 1. The Kier molecular flexibility index (Phi) is 3.35. The fourth-order valence-corrected chi connectivity index (χ4v) is 3.45. The molecule has 4 rings (SSSR count). The number of hydrogen-bond donors (Lipinski definition) is 2. The summed E-state index contributed by atoms with van der Waals surface area (Å²) < 4.78 is 0. The average Bonchev–Trinajstić information content (AvgIpc) is 3.30. The van der Waals surface area contributed by atoms with Gasteiger partial charge >= 0.3 is 0 Å². The van der Waals surface area contributed by atoms with Gasteiger partial charge in [-0.1, -0.05) is 12.1 Å². The molecule has 1 aliphatic carbocycles. The molecule has 1 saturated carbocycles. The van der Waals surface area contributed by atoms with Gasteiger partial charge in [0.05, 0.1) is 6.61 Å². The molecule has 1 aliphatic heterocycles. The Bertz CT molecular complexity index is 825. The Labute approximate surface area is 141 Å². The van der Waals surface area contributed by atoms with Crippen LogP contribution in [0.2, 0.25) is 0 Å². The van der Waals surface area contributed by atoms with Gasteiger partial charge in [-0.2, -0.15) is 0 Å². The number of carbonyl (C=O) groups excluding carboxylic acids is 1. The highest BCUT2D eigenvalue weighted by molar-refractivity contribution is 5.96. The fourth-order valence-electron chi connectivity index (χ4n) is 3.45. The molecule has 1 aromatic heterocycles. The van der Waals surface area contributed by atoms with Crippen LogP contribution in [-0.4, -0.2) is 41.5 Å². The molecule has 1 spiro atoms. The predicted octanol–water partition coefficient (Wildman–Crippen LogP) is 2.40. The van der Waals surface area contributed by atoms with Gasteiger partial charge in [0.15, 0.2) is 0 Å². The van der Waals surface area contributed by atoms with E-state index >= 15 is 0 Å². The second-order valence-electron chi connectivity index (χ2n) is 6.98. The number of fused-ring (bicyclic) bond motifs is 2. The molecular weight excluding hydrogens is 302 g/mol. The average molecular weight is 323 g/mol. The lowest BCUT2D eigenvalue weighted by molar-refractivity contribution is 0.0824. The quantitative estimate of drug-likeness (QED) is 0.910. The normalized spacial score (nSPS) is 16.6. The summed E-state index contributed by atoms with van der Waals surface area (Å²) in [5, 5.41) is 12.9. The van der Waals surface area contributed by atoms with E-state index in [1.807, 2.05) is 24.4 Å². The van der Waals surface area contributed by atoms with Crippen molar-refractivity contribution < 1.29 is 9.90 Å². The van der Waals surface area contributed by atoms with Crippen LogP contribution in [-0.2, 0) is 12.0 Å². The topological polar surface area (TPSA) is 65.5 Å². The Morgan fingerprint density at radius 3 is 2.75 bits per heavy atom. The first kappa shape index (κ1) is 15.1. The van der Waals surface area contributed by atoms with Crippen molar-refractivity contribution in [3.63, 3.8) is 0 Å². The summed E-state index contributed by atoms with van der Waals surface area (Å²) in [5.74, 6) is 0.892. The van der Waals surface area contributed by atoms with Crippen LogP contribution in [0.3, 0.4) is 0 Å². The largest absolute Gasteiger partial charge is 0.392 e. The van der Waals surface area contributed by atoms with E-state index in [0.29, 0.717) is 11.1 Å². The van der Waals surface area contributed by atoms with Gasteiger partial charge in [0.1, 0.15) is 5.82 Å². The number of aliphatic hydroxyl groups excluding tert-OH is 1. The zero-order valence-electron chi connectivity index (χ0n) is 14.0. The van der Waals surface area contributed by atoms with Crippen molar-refractivity contribution in [2.75, 3.05) is 26.0 Å². The van der Waals surface area contributed by atoms with Crippen molar-refractivity contribution in [1.29, 1.82) is 0 Å². The molecular formula is C19H21N3O2. The van der Waals surface area contributed by atoms with Crippen LogP contribution >= 0.6 is 0 Å². The van der Waals surface area contributed by atoms with E-state index in [9.17, 15) is 9.90 Å². The van der Waals surface area contributed by atoms with Gasteiger partial charge < -0.3 is 15.3 Å². The first-order chi connectivity index (χ1) is 11.5. The summed E-state index contributed by atoms with van der Waals surface area (Å²) in [6.45, 7) is 0.831. The van der Waals surface area contributed by atoms with Crippen LogP contribution in [0, 0.1) is 0 Å². The van der Waals surface area contributed by atoms with Crippen molar-refractivity contribution in [2.24, 2.45) is 0 Å². The highest BCUT2D eigenvalue weighted by atomic mass is 16.3. The van der Waals surface area contributed by atoms with Gasteiger partial charge in [0.25, 0.3) is 5.91 Å². The van der Waals surface area contributed by atoms with E-state index in [1.165, 1.54) is 23.3 Å². The molecule has 2 aromatic rings. The lowest BCUT2D eigenvalue weighted by Crippen LogP contribution is -2.23. The number of rotatable bonds is 3. The number of benzene rings is 1. The van der Waals surface area contributed by atoms with Gasteiger partial charge in [-0.15, -0.1) is 0 Å². The third-order valence-corrected chi connectivity index (χ3v) is 5.16. The summed E-state index contributed by atoms with van der Waals surface area (Å²) in [4.78, 5) is 18.5. The second-order valence-corrected chi connectivity index (χ2v) is 6.98. The highest BCUT2D eigenvalue weighted by Crippen LogP contribution is 2.54. The maximum Gasteiger partial charge on any atom is 0.253 e. The van der Waals surface area contributed by atoms with Crippen molar-refractivity contribution in [2.45, 2.75) is 24.9 Å². The molecule has 1 amide bonds. The van der Waals surface area contributed by atoms with Crippen molar-refractivity contribution in [3.8, 4) is 11.1 Å². The Morgan fingerprint density at radius 1 is 1.29 bits per heavy atom. The molecule has 0 bridgehead atoms. The molecule has 24 heavy (non-hydrogen) atoms. The number of anilines is 1. The highest BCUT2D eigenvalue weighted by Gasteiger charge is 2.49. The zero-order chi connectivity index (χ0) is 16.9. The predicted molar refractivity (Wildman–Crippen MR) is 93.0 cm³/mol. The third kappa shape index (κ3) is 2.27. The summed E-state index contributed by atoms with van der Waals surface area (Å²) in [7, 11) is 3.44. The van der Waals surface area contributed by atoms with Gasteiger partial charge in [-0.3, -0.25) is 4.79 Å². The van der Waals surface area contributed by atoms with E-state index in [4.69, 9.17) is 0 Å². The van der Waals surface area contributed by atoms with Crippen molar-refractivity contribution in [3.05, 3.63) is 47.2 Å². The lowest BCUT2D eigenvalue weighted by atomic mass is 9.95. The lowest BCUT2D eigenvalue weighted by Gasteiger charge is -2.15. The minimum Gasteiger partial charge on any atom is -0.392 e. The van der Waals surface area contributed by atoms with E-state index < -0.39 is 0 Å². The van der Waals surface area contributed by atoms with Gasteiger partial charge in [-0.05, 0) is 36.1 Å². The van der Waals surface area contributed by atoms with E-state index in [2.05, 4.69) is 16.4 Å². The van der Waals surface area contributed by atoms with Crippen LogP contribution in [0.5, 0.6) is 0 Å². The number of hydrogen-bond acceptors (Lipinski definition) is 4.